The molecule has 0 unspecified atom stereocenters. The number of nitrogens with one attached hydrogen (secondary N) is 1. The highest BCUT2D eigenvalue weighted by atomic mass is 16.7. The van der Waals surface area contributed by atoms with Gasteiger partial charge in [0.25, 0.3) is 0 Å². The van der Waals surface area contributed by atoms with Gasteiger partial charge in [-0.1, -0.05) is 36.4 Å². The van der Waals surface area contributed by atoms with Crippen LogP contribution < -0.4 is 5.32 Å². The first-order valence-corrected chi connectivity index (χ1v) is 13.4. The maximum Gasteiger partial charge on any atom is 0.303 e. The first-order chi connectivity index (χ1) is 18.4. The number of carbonyl (C=O) groups excluding carboxylic acids is 1. The number of carbonyl (C=O) groups is 2. The molecule has 2 aromatic rings. The largest absolute Gasteiger partial charge is 0.481 e. The van der Waals surface area contributed by atoms with Crippen molar-refractivity contribution >= 4 is 17.6 Å². The number of ether oxygens (including phenoxy) is 2. The van der Waals surface area contributed by atoms with Gasteiger partial charge in [-0.15, -0.1) is 0 Å². The summed E-state index contributed by atoms with van der Waals surface area (Å²) in [5.74, 6) is -1.00. The van der Waals surface area contributed by atoms with E-state index in [2.05, 4.69) is 10.2 Å². The number of hydrogen-bond acceptors (Lipinski definition) is 7. The van der Waals surface area contributed by atoms with Crippen molar-refractivity contribution in [2.75, 3.05) is 25.0 Å². The van der Waals surface area contributed by atoms with Crippen molar-refractivity contribution in [3.05, 3.63) is 65.2 Å². The molecule has 2 aliphatic heterocycles. The quantitative estimate of drug-likeness (QED) is 0.308. The molecule has 2 heterocycles. The van der Waals surface area contributed by atoms with Gasteiger partial charge in [0.15, 0.2) is 6.29 Å². The molecule has 2 saturated heterocycles. The van der Waals surface area contributed by atoms with Crippen molar-refractivity contribution in [2.45, 2.75) is 76.1 Å². The highest BCUT2D eigenvalue weighted by Crippen LogP contribution is 2.39. The molecular weight excluding hydrogens is 488 g/mol. The zero-order chi connectivity index (χ0) is 26.9. The topological polar surface area (TPSA) is 129 Å². The Labute approximate surface area is 223 Å². The third kappa shape index (κ3) is 7.85. The third-order valence-electron chi connectivity index (χ3n) is 7.27. The normalized spacial score (nSPS) is 23.8. The summed E-state index contributed by atoms with van der Waals surface area (Å²) >= 11 is 0. The summed E-state index contributed by atoms with van der Waals surface area (Å²) in [4.78, 5) is 25.1. The molecular formula is C29H38N2O7. The van der Waals surface area contributed by atoms with Crippen LogP contribution in [-0.4, -0.2) is 63.9 Å². The van der Waals surface area contributed by atoms with Crippen LogP contribution in [0.1, 0.15) is 74.0 Å². The minimum absolute atomic E-state index is 0.0110. The van der Waals surface area contributed by atoms with Gasteiger partial charge >= 0.3 is 5.97 Å². The Hall–Kier alpha value is -2.82. The molecule has 9 heteroatoms. The number of benzene rings is 2. The van der Waals surface area contributed by atoms with E-state index in [1.165, 1.54) is 0 Å². The number of aliphatic hydroxyl groups excluding tert-OH is 2. The van der Waals surface area contributed by atoms with E-state index in [-0.39, 0.29) is 50.2 Å². The first-order valence-electron chi connectivity index (χ1n) is 13.4. The smallest absolute Gasteiger partial charge is 0.303 e. The zero-order valence-corrected chi connectivity index (χ0v) is 21.6. The molecule has 2 aliphatic rings. The van der Waals surface area contributed by atoms with E-state index >= 15 is 0 Å². The van der Waals surface area contributed by atoms with E-state index in [9.17, 15) is 19.8 Å². The molecule has 1 amide bonds. The number of nitrogens with zero attached hydrogens (tertiary/aromatic N) is 1. The van der Waals surface area contributed by atoms with Crippen molar-refractivity contribution in [3.63, 3.8) is 0 Å². The molecule has 0 aliphatic carbocycles. The molecule has 0 aromatic heterocycles. The maximum atomic E-state index is 12.2. The van der Waals surface area contributed by atoms with E-state index in [0.29, 0.717) is 31.5 Å². The summed E-state index contributed by atoms with van der Waals surface area (Å²) in [6.45, 7) is 1.79. The highest BCUT2D eigenvalue weighted by Gasteiger charge is 2.35. The van der Waals surface area contributed by atoms with Crippen LogP contribution in [0.3, 0.4) is 0 Å². The second-order valence-electron chi connectivity index (χ2n) is 10.1. The zero-order valence-electron chi connectivity index (χ0n) is 21.6. The predicted octanol–water partition coefficient (Wildman–Crippen LogP) is 3.76. The summed E-state index contributed by atoms with van der Waals surface area (Å²) in [5.41, 5.74) is 3.36. The molecule has 4 rings (SSSR count). The van der Waals surface area contributed by atoms with Crippen molar-refractivity contribution in [1.29, 1.82) is 0 Å². The van der Waals surface area contributed by atoms with Crippen molar-refractivity contribution in [3.8, 4) is 0 Å². The van der Waals surface area contributed by atoms with Crippen LogP contribution in [0.15, 0.2) is 48.5 Å². The standard InChI is InChI=1S/C29H38N2O7/c32-18-20-7-9-21(10-8-20)26-16-25(17-31-15-3-4-24(31)19-33)37-29(38-26)22-11-13-23(14-12-22)30-27(34)5-1-2-6-28(35)36/h7-14,24-26,29,32-33H,1-6,15-19H2,(H,30,34)(H,35,36)/t24-,25+,26-,29-/m0/s1. The van der Waals surface area contributed by atoms with Crippen LogP contribution >= 0.6 is 0 Å². The lowest BCUT2D eigenvalue weighted by molar-refractivity contribution is -0.253. The van der Waals surface area contributed by atoms with Gasteiger partial charge < -0.3 is 30.1 Å². The lowest BCUT2D eigenvalue weighted by atomic mass is 9.99. The number of carboxylic acid groups (broad SMARTS) is 1. The Balaban J connectivity index is 1.42. The first kappa shape index (κ1) is 28.2. The van der Waals surface area contributed by atoms with Crippen LogP contribution in [0, 0.1) is 0 Å². The summed E-state index contributed by atoms with van der Waals surface area (Å²) in [6.07, 6.45) is 3.20. The Morgan fingerprint density at radius 2 is 1.66 bits per heavy atom. The van der Waals surface area contributed by atoms with Crippen LogP contribution in [0.5, 0.6) is 0 Å². The number of unbranched alkanes of at least 4 members (excludes halogenated alkanes) is 1. The van der Waals surface area contributed by atoms with Gasteiger partial charge in [-0.3, -0.25) is 14.5 Å². The minimum Gasteiger partial charge on any atom is -0.481 e. The molecule has 0 radical (unpaired) electrons. The lowest BCUT2D eigenvalue weighted by Gasteiger charge is -2.38. The fourth-order valence-electron chi connectivity index (χ4n) is 5.15. The average molecular weight is 527 g/mol. The van der Waals surface area contributed by atoms with Gasteiger partial charge in [-0.2, -0.15) is 0 Å². The molecule has 0 saturated carbocycles. The number of hydrogen-bond donors (Lipinski definition) is 4. The van der Waals surface area contributed by atoms with E-state index in [1.54, 1.807) is 0 Å². The number of anilines is 1. The summed E-state index contributed by atoms with van der Waals surface area (Å²) < 4.78 is 12.8. The number of carboxylic acids is 1. The van der Waals surface area contributed by atoms with Gasteiger partial charge in [0, 0.05) is 43.1 Å². The average Bonchev–Trinajstić information content (AvgIpc) is 3.38. The molecule has 9 nitrogen and oxygen atoms in total. The highest BCUT2D eigenvalue weighted by molar-refractivity contribution is 5.90. The Kier molecular flexibility index (Phi) is 10.3. The monoisotopic (exact) mass is 526 g/mol. The van der Waals surface area contributed by atoms with E-state index in [0.717, 1.165) is 36.1 Å². The molecule has 0 bridgehead atoms. The van der Waals surface area contributed by atoms with Crippen LogP contribution in [0.25, 0.3) is 0 Å². The van der Waals surface area contributed by atoms with Crippen LogP contribution in [0.2, 0.25) is 0 Å². The van der Waals surface area contributed by atoms with Gasteiger partial charge in [0.05, 0.1) is 25.4 Å². The summed E-state index contributed by atoms with van der Waals surface area (Å²) in [5, 5.41) is 30.7. The second-order valence-corrected chi connectivity index (χ2v) is 10.1. The molecule has 206 valence electrons. The van der Waals surface area contributed by atoms with E-state index in [4.69, 9.17) is 14.6 Å². The fourth-order valence-corrected chi connectivity index (χ4v) is 5.15. The van der Waals surface area contributed by atoms with Gasteiger partial charge in [0.1, 0.15) is 0 Å². The SMILES string of the molecule is O=C(O)CCCCC(=O)Nc1ccc([C@H]2O[C@@H](CN3CCC[C@H]3CO)C[C@@H](c3ccc(CO)cc3)O2)cc1. The van der Waals surface area contributed by atoms with Gasteiger partial charge in [-0.05, 0) is 55.5 Å². The van der Waals surface area contributed by atoms with E-state index in [1.807, 2.05) is 48.5 Å². The molecule has 4 N–H and O–H groups in total. The number of amides is 1. The summed E-state index contributed by atoms with van der Waals surface area (Å²) in [6, 6.07) is 15.3. The molecule has 2 fully saturated rings. The molecule has 2 aromatic carbocycles. The van der Waals surface area contributed by atoms with E-state index < -0.39 is 12.3 Å². The number of aliphatic carboxylic acids is 1. The molecule has 4 atom stereocenters. The van der Waals surface area contributed by atoms with Crippen molar-refractivity contribution in [1.82, 2.24) is 4.90 Å². The second kappa shape index (κ2) is 13.8. The van der Waals surface area contributed by atoms with Crippen molar-refractivity contribution in [2.24, 2.45) is 0 Å². The Morgan fingerprint density at radius 1 is 0.947 bits per heavy atom. The predicted molar refractivity (Wildman–Crippen MR) is 141 cm³/mol. The Bertz CT molecular complexity index is 1040. The van der Waals surface area contributed by atoms with Gasteiger partial charge in [0.2, 0.25) is 5.91 Å². The third-order valence-corrected chi connectivity index (χ3v) is 7.27. The number of aliphatic hydroxyl groups is 2. The molecule has 0 spiro atoms. The van der Waals surface area contributed by atoms with Crippen molar-refractivity contribution < 1.29 is 34.4 Å². The van der Waals surface area contributed by atoms with Gasteiger partial charge in [-0.25, -0.2) is 0 Å². The fraction of sp³-hybridized carbons (Fsp3) is 0.517. The van der Waals surface area contributed by atoms with Crippen LogP contribution in [0.4, 0.5) is 5.69 Å². The minimum atomic E-state index is -0.853. The number of rotatable bonds is 12. The lowest BCUT2D eigenvalue weighted by Crippen LogP contribution is -2.42. The maximum absolute atomic E-state index is 12.2. The molecule has 38 heavy (non-hydrogen) atoms. The Morgan fingerprint density at radius 3 is 2.34 bits per heavy atom. The van der Waals surface area contributed by atoms with Crippen LogP contribution in [-0.2, 0) is 25.7 Å². The summed E-state index contributed by atoms with van der Waals surface area (Å²) in [7, 11) is 0. The number of likely N-dealkylation sites (tertiary alicyclic amines) is 1.